The van der Waals surface area contributed by atoms with Gasteiger partial charge in [0.2, 0.25) is 11.1 Å². The fourth-order valence-electron chi connectivity index (χ4n) is 2.05. The summed E-state index contributed by atoms with van der Waals surface area (Å²) >= 11 is 10.3. The molecular weight excluding hydrogens is 479 g/mol. The van der Waals surface area contributed by atoms with Gasteiger partial charge in [-0.25, -0.2) is 4.98 Å². The zero-order chi connectivity index (χ0) is 18.7. The average molecular weight is 492 g/mol. The van der Waals surface area contributed by atoms with E-state index in [1.165, 1.54) is 18.2 Å². The predicted molar refractivity (Wildman–Crippen MR) is 111 cm³/mol. The SMILES string of the molecule is Cl.O=C(CSc1n[nH]c(-c2cc(Br)ccc2O)n1)Nc1cc(Cl)ccc1O. The second-order valence-corrected chi connectivity index (χ2v) is 7.42. The van der Waals surface area contributed by atoms with E-state index in [0.717, 1.165) is 16.2 Å². The predicted octanol–water partition coefficient (Wildman–Crippen LogP) is 4.45. The van der Waals surface area contributed by atoms with Crippen molar-refractivity contribution in [2.24, 2.45) is 0 Å². The summed E-state index contributed by atoms with van der Waals surface area (Å²) in [7, 11) is 0. The minimum Gasteiger partial charge on any atom is -0.507 e. The summed E-state index contributed by atoms with van der Waals surface area (Å²) < 4.78 is 0.789. The molecule has 0 aliphatic rings. The molecule has 0 radical (unpaired) electrons. The Balaban J connectivity index is 0.00000261. The first-order chi connectivity index (χ1) is 12.4. The fourth-order valence-corrected chi connectivity index (χ4v) is 3.19. The van der Waals surface area contributed by atoms with E-state index in [4.69, 9.17) is 11.6 Å². The van der Waals surface area contributed by atoms with Gasteiger partial charge in [0, 0.05) is 9.50 Å². The molecule has 0 unspecified atom stereocenters. The lowest BCUT2D eigenvalue weighted by molar-refractivity contribution is -0.113. The van der Waals surface area contributed by atoms with Crippen LogP contribution in [0.25, 0.3) is 11.4 Å². The monoisotopic (exact) mass is 490 g/mol. The summed E-state index contributed by atoms with van der Waals surface area (Å²) in [6.45, 7) is 0. The standard InChI is InChI=1S/C16H12BrClN4O3S.ClH/c17-8-1-3-12(23)10(5-8)15-20-16(22-21-15)26-7-14(25)19-11-6-9(18)2-4-13(11)24;/h1-6,23-24H,7H2,(H,19,25)(H,20,21,22);1H. The van der Waals surface area contributed by atoms with E-state index in [2.05, 4.69) is 36.4 Å². The van der Waals surface area contributed by atoms with Crippen LogP contribution in [0.15, 0.2) is 46.0 Å². The lowest BCUT2D eigenvalue weighted by Gasteiger charge is -2.06. The Morgan fingerprint density at radius 1 is 1.22 bits per heavy atom. The lowest BCUT2D eigenvalue weighted by atomic mass is 10.2. The van der Waals surface area contributed by atoms with Gasteiger partial charge < -0.3 is 15.5 Å². The molecule has 0 saturated heterocycles. The van der Waals surface area contributed by atoms with Crippen LogP contribution in [0.1, 0.15) is 0 Å². The van der Waals surface area contributed by atoms with Crippen LogP contribution in [-0.4, -0.2) is 37.1 Å². The fraction of sp³-hybridized carbons (Fsp3) is 0.0625. The quantitative estimate of drug-likeness (QED) is 0.310. The number of carbonyl (C=O) groups is 1. The number of anilines is 1. The molecule has 11 heteroatoms. The van der Waals surface area contributed by atoms with E-state index >= 15 is 0 Å². The van der Waals surface area contributed by atoms with E-state index in [1.54, 1.807) is 18.2 Å². The van der Waals surface area contributed by atoms with Crippen molar-refractivity contribution < 1.29 is 15.0 Å². The average Bonchev–Trinajstić information content (AvgIpc) is 3.07. The Kier molecular flexibility index (Phi) is 7.37. The van der Waals surface area contributed by atoms with Gasteiger partial charge in [0.25, 0.3) is 0 Å². The van der Waals surface area contributed by atoms with Gasteiger partial charge in [-0.1, -0.05) is 39.3 Å². The number of aromatic amines is 1. The molecule has 142 valence electrons. The molecule has 0 spiro atoms. The number of halogens is 3. The number of aromatic nitrogens is 3. The first-order valence-electron chi connectivity index (χ1n) is 7.25. The van der Waals surface area contributed by atoms with Gasteiger partial charge in [0.05, 0.1) is 17.0 Å². The van der Waals surface area contributed by atoms with Crippen LogP contribution in [0.3, 0.4) is 0 Å². The van der Waals surface area contributed by atoms with Gasteiger partial charge in [-0.3, -0.25) is 9.89 Å². The van der Waals surface area contributed by atoms with E-state index < -0.39 is 0 Å². The molecule has 4 N–H and O–H groups in total. The van der Waals surface area contributed by atoms with Gasteiger partial charge >= 0.3 is 0 Å². The number of nitrogens with zero attached hydrogens (tertiary/aromatic N) is 2. The molecule has 3 rings (SSSR count). The van der Waals surface area contributed by atoms with E-state index in [9.17, 15) is 15.0 Å². The first-order valence-corrected chi connectivity index (χ1v) is 9.40. The van der Waals surface area contributed by atoms with Gasteiger partial charge in [-0.15, -0.1) is 17.5 Å². The number of carbonyl (C=O) groups excluding carboxylic acids is 1. The maximum absolute atomic E-state index is 12.0. The van der Waals surface area contributed by atoms with Gasteiger partial charge in [0.1, 0.15) is 11.5 Å². The Hall–Kier alpha value is -1.94. The molecule has 0 aliphatic carbocycles. The number of amides is 1. The third-order valence-electron chi connectivity index (χ3n) is 3.24. The van der Waals surface area contributed by atoms with Crippen molar-refractivity contribution in [1.29, 1.82) is 0 Å². The number of thioether (sulfide) groups is 1. The highest BCUT2D eigenvalue weighted by molar-refractivity contribution is 9.10. The zero-order valence-corrected chi connectivity index (χ0v) is 17.4. The second-order valence-electron chi connectivity index (χ2n) is 5.13. The van der Waals surface area contributed by atoms with Crippen LogP contribution in [0.2, 0.25) is 5.02 Å². The van der Waals surface area contributed by atoms with Crippen LogP contribution in [0.5, 0.6) is 11.5 Å². The van der Waals surface area contributed by atoms with Gasteiger partial charge in [0.15, 0.2) is 5.82 Å². The molecule has 7 nitrogen and oxygen atoms in total. The molecule has 0 aliphatic heterocycles. The van der Waals surface area contributed by atoms with Crippen LogP contribution in [0.4, 0.5) is 5.69 Å². The lowest BCUT2D eigenvalue weighted by Crippen LogP contribution is -2.14. The second kappa shape index (κ2) is 9.32. The molecular formula is C16H13BrCl2N4O3S. The van der Waals surface area contributed by atoms with Crippen LogP contribution >= 0.6 is 51.7 Å². The molecule has 3 aromatic rings. The largest absolute Gasteiger partial charge is 0.507 e. The summed E-state index contributed by atoms with van der Waals surface area (Å²) in [5.74, 6) is 0.0739. The Morgan fingerprint density at radius 2 is 1.96 bits per heavy atom. The summed E-state index contributed by atoms with van der Waals surface area (Å²) in [6, 6.07) is 9.34. The van der Waals surface area contributed by atoms with Crippen LogP contribution in [0, 0.1) is 0 Å². The van der Waals surface area contributed by atoms with Crippen molar-refractivity contribution in [3.05, 3.63) is 45.9 Å². The van der Waals surface area contributed by atoms with Crippen LogP contribution < -0.4 is 5.32 Å². The number of aromatic hydroxyl groups is 2. The van der Waals surface area contributed by atoms with Crippen molar-refractivity contribution in [2.75, 3.05) is 11.1 Å². The summed E-state index contributed by atoms with van der Waals surface area (Å²) in [5, 5.41) is 29.7. The number of rotatable bonds is 5. The molecule has 27 heavy (non-hydrogen) atoms. The number of phenols is 2. The highest BCUT2D eigenvalue weighted by atomic mass is 79.9. The van der Waals surface area contributed by atoms with E-state index in [0.29, 0.717) is 21.6 Å². The van der Waals surface area contributed by atoms with Crippen LogP contribution in [-0.2, 0) is 4.79 Å². The highest BCUT2D eigenvalue weighted by Gasteiger charge is 2.13. The van der Waals surface area contributed by atoms with Gasteiger partial charge in [-0.05, 0) is 36.4 Å². The molecule has 0 saturated carbocycles. The summed E-state index contributed by atoms with van der Waals surface area (Å²) in [6.07, 6.45) is 0. The minimum absolute atomic E-state index is 0. The van der Waals surface area contributed by atoms with Gasteiger partial charge in [-0.2, -0.15) is 0 Å². The summed E-state index contributed by atoms with van der Waals surface area (Å²) in [5.41, 5.74) is 0.727. The molecule has 0 fully saturated rings. The number of benzene rings is 2. The smallest absolute Gasteiger partial charge is 0.234 e. The van der Waals surface area contributed by atoms with Crippen molar-refractivity contribution >= 4 is 63.3 Å². The molecule has 1 aromatic heterocycles. The first kappa shape index (κ1) is 21.4. The maximum Gasteiger partial charge on any atom is 0.234 e. The van der Waals surface area contributed by atoms with E-state index in [1.807, 2.05) is 0 Å². The molecule has 1 heterocycles. The molecule has 2 aromatic carbocycles. The zero-order valence-electron chi connectivity index (χ0n) is 13.4. The number of hydrogen-bond donors (Lipinski definition) is 4. The van der Waals surface area contributed by atoms with Crippen molar-refractivity contribution in [3.8, 4) is 22.9 Å². The molecule has 0 bridgehead atoms. The van der Waals surface area contributed by atoms with E-state index in [-0.39, 0.29) is 41.3 Å². The topological polar surface area (TPSA) is 111 Å². The Bertz CT molecular complexity index is 971. The Morgan fingerprint density at radius 3 is 2.74 bits per heavy atom. The van der Waals surface area contributed by atoms with Crippen molar-refractivity contribution in [1.82, 2.24) is 15.2 Å². The number of phenolic OH excluding ortho intramolecular Hbond substituents is 2. The number of hydrogen-bond acceptors (Lipinski definition) is 6. The molecule has 1 amide bonds. The third kappa shape index (κ3) is 5.52. The van der Waals surface area contributed by atoms with Crippen molar-refractivity contribution in [2.45, 2.75) is 5.16 Å². The maximum atomic E-state index is 12.0. The number of H-pyrrole nitrogens is 1. The number of nitrogens with one attached hydrogen (secondary N) is 2. The normalized spacial score (nSPS) is 10.3. The highest BCUT2D eigenvalue weighted by Crippen LogP contribution is 2.30. The third-order valence-corrected chi connectivity index (χ3v) is 4.82. The van der Waals surface area contributed by atoms with Crippen molar-refractivity contribution in [3.63, 3.8) is 0 Å². The molecule has 0 atom stereocenters. The Labute approximate surface area is 178 Å². The summed E-state index contributed by atoms with van der Waals surface area (Å²) in [4.78, 5) is 16.3. The minimum atomic E-state index is -0.343.